The molecule has 108 valence electrons. The largest absolute Gasteiger partial charge is 0.351 e. The Kier molecular flexibility index (Phi) is 3.16. The summed E-state index contributed by atoms with van der Waals surface area (Å²) >= 11 is 0. The number of fused-ring (bicyclic) bond motifs is 2. The molecule has 0 aromatic carbocycles. The number of hydrogen-bond donors (Lipinski definition) is 2. The van der Waals surface area contributed by atoms with E-state index in [1.54, 1.807) is 0 Å². The van der Waals surface area contributed by atoms with Gasteiger partial charge in [-0.15, -0.1) is 0 Å². The standard InChI is InChI=1S/C16H28N2O/c1-15(2)12-6-7-16(3,8-12)14(15)18-13(19)10-17-9-11-4-5-11/h11-12,14,17H,4-10H2,1-3H3,(H,18,19). The fraction of sp³-hybridized carbons (Fsp3) is 0.938. The summed E-state index contributed by atoms with van der Waals surface area (Å²) in [5, 5.41) is 6.63. The first kappa shape index (κ1) is 13.4. The van der Waals surface area contributed by atoms with Crippen molar-refractivity contribution in [3.8, 4) is 0 Å². The van der Waals surface area contributed by atoms with E-state index in [4.69, 9.17) is 0 Å². The normalized spacial score (nSPS) is 39.5. The van der Waals surface area contributed by atoms with Crippen LogP contribution >= 0.6 is 0 Å². The van der Waals surface area contributed by atoms with E-state index in [0.29, 0.717) is 18.0 Å². The van der Waals surface area contributed by atoms with E-state index in [1.165, 1.54) is 32.1 Å². The molecule has 3 unspecified atom stereocenters. The van der Waals surface area contributed by atoms with Gasteiger partial charge in [-0.25, -0.2) is 0 Å². The van der Waals surface area contributed by atoms with Crippen molar-refractivity contribution in [3.05, 3.63) is 0 Å². The minimum Gasteiger partial charge on any atom is -0.351 e. The molecule has 3 aliphatic carbocycles. The minimum absolute atomic E-state index is 0.188. The van der Waals surface area contributed by atoms with Gasteiger partial charge in [0, 0.05) is 6.04 Å². The van der Waals surface area contributed by atoms with Crippen LogP contribution in [0.2, 0.25) is 0 Å². The maximum Gasteiger partial charge on any atom is 0.234 e. The molecule has 3 fully saturated rings. The first-order valence-electron chi connectivity index (χ1n) is 7.92. The van der Waals surface area contributed by atoms with Crippen molar-refractivity contribution in [2.75, 3.05) is 13.1 Å². The van der Waals surface area contributed by atoms with Gasteiger partial charge in [-0.1, -0.05) is 20.8 Å². The predicted molar refractivity (Wildman–Crippen MR) is 76.8 cm³/mol. The van der Waals surface area contributed by atoms with Crippen LogP contribution in [0.25, 0.3) is 0 Å². The number of hydrogen-bond acceptors (Lipinski definition) is 2. The lowest BCUT2D eigenvalue weighted by molar-refractivity contribution is -0.123. The predicted octanol–water partition coefficient (Wildman–Crippen LogP) is 2.32. The van der Waals surface area contributed by atoms with Gasteiger partial charge in [0.05, 0.1) is 6.54 Å². The lowest BCUT2D eigenvalue weighted by Crippen LogP contribution is -2.54. The van der Waals surface area contributed by atoms with E-state index < -0.39 is 0 Å². The molecule has 0 heterocycles. The Balaban J connectivity index is 1.54. The van der Waals surface area contributed by atoms with Gasteiger partial charge in [0.2, 0.25) is 5.91 Å². The van der Waals surface area contributed by atoms with Crippen LogP contribution < -0.4 is 10.6 Å². The molecule has 3 saturated carbocycles. The second kappa shape index (κ2) is 4.47. The molecular weight excluding hydrogens is 236 g/mol. The Labute approximate surface area is 116 Å². The first-order valence-corrected chi connectivity index (χ1v) is 7.92. The maximum atomic E-state index is 12.1. The highest BCUT2D eigenvalue weighted by Gasteiger charge is 2.59. The van der Waals surface area contributed by atoms with Crippen molar-refractivity contribution in [2.24, 2.45) is 22.7 Å². The smallest absolute Gasteiger partial charge is 0.234 e. The van der Waals surface area contributed by atoms with Crippen molar-refractivity contribution >= 4 is 5.91 Å². The van der Waals surface area contributed by atoms with Crippen molar-refractivity contribution in [1.82, 2.24) is 10.6 Å². The van der Waals surface area contributed by atoms with Gasteiger partial charge in [-0.05, 0) is 61.3 Å². The number of rotatable bonds is 5. The van der Waals surface area contributed by atoms with Gasteiger partial charge in [0.15, 0.2) is 0 Å². The summed E-state index contributed by atoms with van der Waals surface area (Å²) in [7, 11) is 0. The van der Waals surface area contributed by atoms with Crippen molar-refractivity contribution in [2.45, 2.75) is 58.9 Å². The fourth-order valence-corrected chi connectivity index (χ4v) is 4.59. The molecular formula is C16H28N2O. The Morgan fingerprint density at radius 3 is 2.53 bits per heavy atom. The van der Waals surface area contributed by atoms with Gasteiger partial charge in [-0.3, -0.25) is 4.79 Å². The lowest BCUT2D eigenvalue weighted by atomic mass is 9.68. The highest BCUT2D eigenvalue weighted by atomic mass is 16.2. The molecule has 0 radical (unpaired) electrons. The molecule has 2 bridgehead atoms. The van der Waals surface area contributed by atoms with E-state index in [0.717, 1.165) is 18.4 Å². The Bertz CT molecular complexity index is 370. The molecule has 3 rings (SSSR count). The molecule has 19 heavy (non-hydrogen) atoms. The number of nitrogens with one attached hydrogen (secondary N) is 2. The lowest BCUT2D eigenvalue weighted by Gasteiger charge is -2.43. The molecule has 0 aliphatic heterocycles. The zero-order valence-corrected chi connectivity index (χ0v) is 12.6. The summed E-state index contributed by atoms with van der Waals surface area (Å²) in [6.45, 7) is 8.55. The summed E-state index contributed by atoms with van der Waals surface area (Å²) in [6, 6.07) is 0.356. The van der Waals surface area contributed by atoms with E-state index in [1.807, 2.05) is 0 Å². The van der Waals surface area contributed by atoms with Gasteiger partial charge in [0.1, 0.15) is 0 Å². The van der Waals surface area contributed by atoms with Crippen LogP contribution in [-0.4, -0.2) is 25.0 Å². The summed E-state index contributed by atoms with van der Waals surface area (Å²) < 4.78 is 0. The molecule has 3 aliphatic rings. The van der Waals surface area contributed by atoms with Crippen LogP contribution in [0.3, 0.4) is 0 Å². The third-order valence-electron chi connectivity index (χ3n) is 5.99. The average molecular weight is 264 g/mol. The quantitative estimate of drug-likeness (QED) is 0.800. The molecule has 1 amide bonds. The summed E-state index contributed by atoms with van der Waals surface area (Å²) in [6.07, 6.45) is 6.59. The third-order valence-corrected chi connectivity index (χ3v) is 5.99. The zero-order chi connectivity index (χ0) is 13.7. The first-order chi connectivity index (χ1) is 8.92. The Morgan fingerprint density at radius 1 is 1.21 bits per heavy atom. The zero-order valence-electron chi connectivity index (χ0n) is 12.6. The van der Waals surface area contributed by atoms with Crippen molar-refractivity contribution in [1.29, 1.82) is 0 Å². The highest BCUT2D eigenvalue weighted by Crippen LogP contribution is 2.62. The minimum atomic E-state index is 0.188. The maximum absolute atomic E-state index is 12.1. The SMILES string of the molecule is CC12CCC(C1)C(C)(C)C2NC(=O)CNCC1CC1. The van der Waals surface area contributed by atoms with Crippen LogP contribution in [0.5, 0.6) is 0 Å². The third kappa shape index (κ3) is 2.42. The summed E-state index contributed by atoms with van der Waals surface area (Å²) in [5.41, 5.74) is 0.597. The van der Waals surface area contributed by atoms with Crippen LogP contribution in [0, 0.1) is 22.7 Å². The topological polar surface area (TPSA) is 41.1 Å². The number of amides is 1. The van der Waals surface area contributed by atoms with Gasteiger partial charge in [0.25, 0.3) is 0 Å². The van der Waals surface area contributed by atoms with Crippen LogP contribution in [0.15, 0.2) is 0 Å². The van der Waals surface area contributed by atoms with E-state index in [-0.39, 0.29) is 11.3 Å². The van der Waals surface area contributed by atoms with Gasteiger partial charge < -0.3 is 10.6 Å². The monoisotopic (exact) mass is 264 g/mol. The van der Waals surface area contributed by atoms with Gasteiger partial charge >= 0.3 is 0 Å². The molecule has 0 aromatic rings. The van der Waals surface area contributed by atoms with E-state index in [9.17, 15) is 4.79 Å². The van der Waals surface area contributed by atoms with Crippen LogP contribution in [0.4, 0.5) is 0 Å². The highest BCUT2D eigenvalue weighted by molar-refractivity contribution is 5.78. The molecule has 3 atom stereocenters. The fourth-order valence-electron chi connectivity index (χ4n) is 4.59. The van der Waals surface area contributed by atoms with Crippen molar-refractivity contribution < 1.29 is 4.79 Å². The Morgan fingerprint density at radius 2 is 1.95 bits per heavy atom. The van der Waals surface area contributed by atoms with Gasteiger partial charge in [-0.2, -0.15) is 0 Å². The Hall–Kier alpha value is -0.570. The van der Waals surface area contributed by atoms with E-state index >= 15 is 0 Å². The van der Waals surface area contributed by atoms with Crippen LogP contribution in [0.1, 0.15) is 52.9 Å². The molecule has 0 aromatic heterocycles. The number of carbonyl (C=O) groups excluding carboxylic acids is 1. The second-order valence-corrected chi connectivity index (χ2v) is 7.99. The number of carbonyl (C=O) groups is 1. The van der Waals surface area contributed by atoms with E-state index in [2.05, 4.69) is 31.4 Å². The molecule has 3 nitrogen and oxygen atoms in total. The summed E-state index contributed by atoms with van der Waals surface area (Å²) in [4.78, 5) is 12.1. The molecule has 0 spiro atoms. The second-order valence-electron chi connectivity index (χ2n) is 7.99. The van der Waals surface area contributed by atoms with Crippen molar-refractivity contribution in [3.63, 3.8) is 0 Å². The van der Waals surface area contributed by atoms with Crippen LogP contribution in [-0.2, 0) is 4.79 Å². The summed E-state index contributed by atoms with van der Waals surface area (Å²) in [5.74, 6) is 1.82. The molecule has 3 heteroatoms. The molecule has 2 N–H and O–H groups in total. The average Bonchev–Trinajstić information content (AvgIpc) is 3.02. The molecule has 0 saturated heterocycles.